The molecule has 0 aromatic heterocycles. The first-order chi connectivity index (χ1) is 11.4. The fourth-order valence-electron chi connectivity index (χ4n) is 2.55. The van der Waals surface area contributed by atoms with E-state index in [0.717, 1.165) is 50.4 Å². The molecular formula is C18H30IN3OS. The summed E-state index contributed by atoms with van der Waals surface area (Å²) in [7, 11) is 1.83. The highest BCUT2D eigenvalue weighted by molar-refractivity contribution is 14.0. The van der Waals surface area contributed by atoms with Gasteiger partial charge in [-0.15, -0.1) is 24.0 Å². The van der Waals surface area contributed by atoms with Gasteiger partial charge in [-0.1, -0.05) is 30.3 Å². The first kappa shape index (κ1) is 21.6. The quantitative estimate of drug-likeness (QED) is 0.255. The van der Waals surface area contributed by atoms with E-state index in [4.69, 9.17) is 4.74 Å². The van der Waals surface area contributed by atoms with E-state index in [1.807, 2.05) is 13.1 Å². The molecule has 1 aliphatic rings. The molecule has 0 aliphatic carbocycles. The monoisotopic (exact) mass is 463 g/mol. The van der Waals surface area contributed by atoms with Gasteiger partial charge in [0.05, 0.1) is 6.61 Å². The average Bonchev–Trinajstić information content (AvgIpc) is 3.11. The van der Waals surface area contributed by atoms with Crippen molar-refractivity contribution in [3.05, 3.63) is 35.9 Å². The maximum Gasteiger partial charge on any atom is 0.191 e. The first-order valence-corrected chi connectivity index (χ1v) is 9.61. The summed E-state index contributed by atoms with van der Waals surface area (Å²) < 4.78 is 5.69. The third-order valence-corrected chi connectivity index (χ3v) is 5.28. The van der Waals surface area contributed by atoms with E-state index in [1.165, 1.54) is 24.2 Å². The Morgan fingerprint density at radius 2 is 2.08 bits per heavy atom. The Bertz CT molecular complexity index is 453. The molecule has 0 radical (unpaired) electrons. The molecule has 2 N–H and O–H groups in total. The van der Waals surface area contributed by atoms with E-state index in [2.05, 4.69) is 51.7 Å². The van der Waals surface area contributed by atoms with E-state index < -0.39 is 0 Å². The van der Waals surface area contributed by atoms with Crippen LogP contribution in [0.4, 0.5) is 0 Å². The fourth-order valence-corrected chi connectivity index (χ4v) is 3.76. The second-order valence-corrected chi connectivity index (χ2v) is 7.12. The maximum atomic E-state index is 5.69. The Hall–Kier alpha value is -0.470. The standard InChI is InChI=1S/C18H29N3OS.HI/c1-19-18(21-15-17-9-5-14-23-17)20-11-6-12-22-13-10-16-7-3-2-4-8-16;/h2-4,7-8,17H,5-6,9-15H2,1H3,(H2,19,20,21);1H. The zero-order chi connectivity index (χ0) is 16.2. The van der Waals surface area contributed by atoms with Crippen LogP contribution in [0.15, 0.2) is 35.3 Å². The number of rotatable bonds is 9. The van der Waals surface area contributed by atoms with Crippen LogP contribution in [-0.2, 0) is 11.2 Å². The lowest BCUT2D eigenvalue weighted by molar-refractivity contribution is 0.135. The lowest BCUT2D eigenvalue weighted by Crippen LogP contribution is -2.40. The Morgan fingerprint density at radius 1 is 1.25 bits per heavy atom. The van der Waals surface area contributed by atoms with Crippen LogP contribution in [0.2, 0.25) is 0 Å². The zero-order valence-electron chi connectivity index (χ0n) is 14.5. The van der Waals surface area contributed by atoms with Gasteiger partial charge in [-0.2, -0.15) is 11.8 Å². The van der Waals surface area contributed by atoms with Crippen LogP contribution in [-0.4, -0.2) is 50.3 Å². The molecule has 136 valence electrons. The van der Waals surface area contributed by atoms with Gasteiger partial charge < -0.3 is 15.4 Å². The second-order valence-electron chi connectivity index (χ2n) is 5.72. The van der Waals surface area contributed by atoms with E-state index in [0.29, 0.717) is 0 Å². The van der Waals surface area contributed by atoms with Crippen molar-refractivity contribution in [3.8, 4) is 0 Å². The number of ether oxygens (including phenoxy) is 1. The van der Waals surface area contributed by atoms with Gasteiger partial charge in [-0.05, 0) is 37.0 Å². The molecule has 1 saturated heterocycles. The molecule has 0 spiro atoms. The van der Waals surface area contributed by atoms with Crippen LogP contribution in [0.5, 0.6) is 0 Å². The number of halogens is 1. The summed E-state index contributed by atoms with van der Waals surface area (Å²) >= 11 is 2.07. The molecule has 1 aliphatic heterocycles. The second kappa shape index (κ2) is 13.8. The third-order valence-electron chi connectivity index (χ3n) is 3.88. The van der Waals surface area contributed by atoms with Crippen molar-refractivity contribution in [1.29, 1.82) is 0 Å². The number of nitrogens with one attached hydrogen (secondary N) is 2. The molecule has 4 nitrogen and oxygen atoms in total. The molecule has 2 rings (SSSR count). The molecule has 6 heteroatoms. The molecular weight excluding hydrogens is 433 g/mol. The van der Waals surface area contributed by atoms with Gasteiger partial charge in [-0.25, -0.2) is 0 Å². The largest absolute Gasteiger partial charge is 0.381 e. The summed E-state index contributed by atoms with van der Waals surface area (Å²) in [4.78, 5) is 4.27. The van der Waals surface area contributed by atoms with Gasteiger partial charge in [0.1, 0.15) is 0 Å². The number of hydrogen-bond acceptors (Lipinski definition) is 3. The van der Waals surface area contributed by atoms with Crippen LogP contribution in [0.1, 0.15) is 24.8 Å². The Kier molecular flexibility index (Phi) is 12.4. The van der Waals surface area contributed by atoms with Crippen molar-refractivity contribution in [1.82, 2.24) is 10.6 Å². The van der Waals surface area contributed by atoms with Crippen LogP contribution >= 0.6 is 35.7 Å². The van der Waals surface area contributed by atoms with Crippen LogP contribution in [0, 0.1) is 0 Å². The predicted molar refractivity (Wildman–Crippen MR) is 116 cm³/mol. The minimum atomic E-state index is 0. The average molecular weight is 463 g/mol. The van der Waals surface area contributed by atoms with Crippen LogP contribution in [0.3, 0.4) is 0 Å². The molecule has 1 heterocycles. The SMILES string of the molecule is CN=C(NCCCOCCc1ccccc1)NCC1CCCS1.I. The number of benzene rings is 1. The highest BCUT2D eigenvalue weighted by Gasteiger charge is 2.15. The summed E-state index contributed by atoms with van der Waals surface area (Å²) in [6, 6.07) is 10.5. The van der Waals surface area contributed by atoms with Gasteiger partial charge in [0.2, 0.25) is 0 Å². The fraction of sp³-hybridized carbons (Fsp3) is 0.611. The summed E-state index contributed by atoms with van der Waals surface area (Å²) in [5, 5.41) is 7.51. The van der Waals surface area contributed by atoms with Gasteiger partial charge in [0.25, 0.3) is 0 Å². The molecule has 1 aromatic rings. The number of nitrogens with zero attached hydrogens (tertiary/aromatic N) is 1. The summed E-state index contributed by atoms with van der Waals surface area (Å²) in [6.45, 7) is 3.48. The van der Waals surface area contributed by atoms with Crippen molar-refractivity contribution >= 4 is 41.7 Å². The van der Waals surface area contributed by atoms with Crippen molar-refractivity contribution in [2.75, 3.05) is 39.1 Å². The van der Waals surface area contributed by atoms with Crippen LogP contribution < -0.4 is 10.6 Å². The number of hydrogen-bond donors (Lipinski definition) is 2. The molecule has 0 amide bonds. The van der Waals surface area contributed by atoms with E-state index >= 15 is 0 Å². The van der Waals surface area contributed by atoms with Crippen molar-refractivity contribution < 1.29 is 4.74 Å². The topological polar surface area (TPSA) is 45.7 Å². The number of guanidine groups is 1. The minimum absolute atomic E-state index is 0. The van der Waals surface area contributed by atoms with E-state index in [-0.39, 0.29) is 24.0 Å². The summed E-state index contributed by atoms with van der Waals surface area (Å²) in [5.41, 5.74) is 1.33. The lowest BCUT2D eigenvalue weighted by atomic mass is 10.2. The Morgan fingerprint density at radius 3 is 2.79 bits per heavy atom. The smallest absolute Gasteiger partial charge is 0.191 e. The van der Waals surface area contributed by atoms with Gasteiger partial charge >= 0.3 is 0 Å². The summed E-state index contributed by atoms with van der Waals surface area (Å²) in [6.07, 6.45) is 4.65. The Labute approximate surface area is 167 Å². The van der Waals surface area contributed by atoms with Gasteiger partial charge in [-0.3, -0.25) is 4.99 Å². The molecule has 0 saturated carbocycles. The van der Waals surface area contributed by atoms with Crippen molar-refractivity contribution in [3.63, 3.8) is 0 Å². The minimum Gasteiger partial charge on any atom is -0.381 e. The van der Waals surface area contributed by atoms with Crippen LogP contribution in [0.25, 0.3) is 0 Å². The zero-order valence-corrected chi connectivity index (χ0v) is 17.6. The highest BCUT2D eigenvalue weighted by Crippen LogP contribution is 2.25. The molecule has 0 bridgehead atoms. The molecule has 1 fully saturated rings. The number of thioether (sulfide) groups is 1. The first-order valence-electron chi connectivity index (χ1n) is 8.56. The Balaban J connectivity index is 0.00000288. The maximum absolute atomic E-state index is 5.69. The van der Waals surface area contributed by atoms with Gasteiger partial charge in [0, 0.05) is 32.0 Å². The molecule has 1 aromatic carbocycles. The van der Waals surface area contributed by atoms with Gasteiger partial charge in [0.15, 0.2) is 5.96 Å². The molecule has 1 unspecified atom stereocenters. The summed E-state index contributed by atoms with van der Waals surface area (Å²) in [5.74, 6) is 2.21. The lowest BCUT2D eigenvalue weighted by Gasteiger charge is -2.14. The third kappa shape index (κ3) is 9.13. The van der Waals surface area contributed by atoms with E-state index in [9.17, 15) is 0 Å². The normalized spacial score (nSPS) is 17.4. The van der Waals surface area contributed by atoms with Crippen molar-refractivity contribution in [2.45, 2.75) is 30.9 Å². The number of aliphatic imine (C=N–C) groups is 1. The predicted octanol–water partition coefficient (Wildman–Crippen LogP) is 3.31. The molecule has 1 atom stereocenters. The highest BCUT2D eigenvalue weighted by atomic mass is 127. The van der Waals surface area contributed by atoms with E-state index in [1.54, 1.807) is 0 Å². The van der Waals surface area contributed by atoms with Crippen molar-refractivity contribution in [2.24, 2.45) is 4.99 Å². The molecule has 24 heavy (non-hydrogen) atoms.